The van der Waals surface area contributed by atoms with Crippen LogP contribution < -0.4 is 10.5 Å². The number of rotatable bonds is 6. The normalized spacial score (nSPS) is 14.4. The SMILES string of the molecule is CCC(C)(CC)NS(=O)(=O)c1cccc(C(C)N)c1. The molecule has 0 aliphatic rings. The third-order valence-corrected chi connectivity index (χ3v) is 5.27. The van der Waals surface area contributed by atoms with Crippen molar-refractivity contribution in [3.63, 3.8) is 0 Å². The third-order valence-electron chi connectivity index (χ3n) is 3.64. The Morgan fingerprint density at radius 3 is 2.37 bits per heavy atom. The van der Waals surface area contributed by atoms with Gasteiger partial charge in [0.25, 0.3) is 0 Å². The second kappa shape index (κ2) is 6.03. The zero-order valence-electron chi connectivity index (χ0n) is 12.1. The predicted octanol–water partition coefficient (Wildman–Crippen LogP) is 2.56. The quantitative estimate of drug-likeness (QED) is 0.843. The van der Waals surface area contributed by atoms with Crippen LogP contribution in [0.5, 0.6) is 0 Å². The van der Waals surface area contributed by atoms with Crippen LogP contribution in [0.3, 0.4) is 0 Å². The van der Waals surface area contributed by atoms with Gasteiger partial charge in [0.15, 0.2) is 0 Å². The van der Waals surface area contributed by atoms with E-state index in [-0.39, 0.29) is 10.9 Å². The molecular weight excluding hydrogens is 260 g/mol. The van der Waals surface area contributed by atoms with Gasteiger partial charge in [0.1, 0.15) is 0 Å². The second-order valence-electron chi connectivity index (χ2n) is 5.23. The van der Waals surface area contributed by atoms with E-state index in [0.717, 1.165) is 18.4 Å². The minimum atomic E-state index is -3.50. The van der Waals surface area contributed by atoms with Gasteiger partial charge < -0.3 is 5.73 Å². The molecule has 5 heteroatoms. The fourth-order valence-electron chi connectivity index (χ4n) is 1.74. The Bertz CT molecular complexity index is 520. The van der Waals surface area contributed by atoms with Crippen molar-refractivity contribution in [3.05, 3.63) is 29.8 Å². The maximum Gasteiger partial charge on any atom is 0.241 e. The van der Waals surface area contributed by atoms with Crippen molar-refractivity contribution in [1.82, 2.24) is 4.72 Å². The van der Waals surface area contributed by atoms with Crippen molar-refractivity contribution in [2.45, 2.75) is 57.0 Å². The molecule has 0 aliphatic heterocycles. The first kappa shape index (κ1) is 16.1. The molecule has 1 unspecified atom stereocenters. The van der Waals surface area contributed by atoms with Crippen molar-refractivity contribution in [2.24, 2.45) is 5.73 Å². The molecule has 0 aliphatic carbocycles. The summed E-state index contributed by atoms with van der Waals surface area (Å²) in [6.07, 6.45) is 1.49. The lowest BCUT2D eigenvalue weighted by molar-refractivity contribution is 0.388. The fraction of sp³-hybridized carbons (Fsp3) is 0.571. The molecule has 4 nitrogen and oxygen atoms in total. The second-order valence-corrected chi connectivity index (χ2v) is 6.92. The highest BCUT2D eigenvalue weighted by Gasteiger charge is 2.27. The van der Waals surface area contributed by atoms with Gasteiger partial charge >= 0.3 is 0 Å². The van der Waals surface area contributed by atoms with E-state index in [2.05, 4.69) is 4.72 Å². The first-order valence-corrected chi connectivity index (χ1v) is 8.12. The minimum absolute atomic E-state index is 0.182. The van der Waals surface area contributed by atoms with Crippen molar-refractivity contribution >= 4 is 10.0 Å². The first-order chi connectivity index (χ1) is 8.74. The average Bonchev–Trinajstić information content (AvgIpc) is 2.38. The van der Waals surface area contributed by atoms with E-state index >= 15 is 0 Å². The number of hydrogen-bond acceptors (Lipinski definition) is 3. The van der Waals surface area contributed by atoms with Gasteiger partial charge in [-0.1, -0.05) is 26.0 Å². The summed E-state index contributed by atoms with van der Waals surface area (Å²) in [5.74, 6) is 0. The lowest BCUT2D eigenvalue weighted by Crippen LogP contribution is -2.44. The maximum absolute atomic E-state index is 12.4. The summed E-state index contributed by atoms with van der Waals surface area (Å²) in [4.78, 5) is 0.274. The van der Waals surface area contributed by atoms with Crippen LogP contribution in [0, 0.1) is 0 Å². The number of benzene rings is 1. The van der Waals surface area contributed by atoms with Gasteiger partial charge in [0, 0.05) is 11.6 Å². The van der Waals surface area contributed by atoms with E-state index in [0.29, 0.717) is 0 Å². The first-order valence-electron chi connectivity index (χ1n) is 6.63. The lowest BCUT2D eigenvalue weighted by Gasteiger charge is -2.27. The van der Waals surface area contributed by atoms with Crippen LogP contribution in [0.2, 0.25) is 0 Å². The summed E-state index contributed by atoms with van der Waals surface area (Å²) in [6, 6.07) is 6.61. The van der Waals surface area contributed by atoms with Crippen molar-refractivity contribution in [3.8, 4) is 0 Å². The zero-order chi connectivity index (χ0) is 14.7. The van der Waals surface area contributed by atoms with Gasteiger partial charge in [0.2, 0.25) is 10.0 Å². The van der Waals surface area contributed by atoms with Gasteiger partial charge in [-0.05, 0) is 44.4 Å². The largest absolute Gasteiger partial charge is 0.324 e. The molecule has 0 aromatic heterocycles. The number of sulfonamides is 1. The van der Waals surface area contributed by atoms with Gasteiger partial charge in [0.05, 0.1) is 4.90 Å². The summed E-state index contributed by atoms with van der Waals surface area (Å²) in [6.45, 7) is 7.70. The van der Waals surface area contributed by atoms with E-state index < -0.39 is 15.6 Å². The van der Waals surface area contributed by atoms with E-state index in [9.17, 15) is 8.42 Å². The minimum Gasteiger partial charge on any atom is -0.324 e. The molecule has 108 valence electrons. The summed E-state index contributed by atoms with van der Waals surface area (Å²) in [5.41, 5.74) is 6.19. The van der Waals surface area contributed by atoms with Gasteiger partial charge in [-0.2, -0.15) is 0 Å². The van der Waals surface area contributed by atoms with Gasteiger partial charge in [-0.15, -0.1) is 0 Å². The molecule has 1 aromatic carbocycles. The summed E-state index contributed by atoms with van der Waals surface area (Å²) in [5, 5.41) is 0. The van der Waals surface area contributed by atoms with Crippen LogP contribution >= 0.6 is 0 Å². The Labute approximate surface area is 116 Å². The maximum atomic E-state index is 12.4. The van der Waals surface area contributed by atoms with Gasteiger partial charge in [-0.3, -0.25) is 0 Å². The molecule has 0 heterocycles. The van der Waals surface area contributed by atoms with Crippen molar-refractivity contribution < 1.29 is 8.42 Å². The fourth-order valence-corrected chi connectivity index (χ4v) is 3.35. The molecule has 0 bridgehead atoms. The Morgan fingerprint density at radius 2 is 1.89 bits per heavy atom. The molecular formula is C14H24N2O2S. The average molecular weight is 284 g/mol. The molecule has 1 rings (SSSR count). The monoisotopic (exact) mass is 284 g/mol. The Balaban J connectivity index is 3.10. The van der Waals surface area contributed by atoms with Crippen LogP contribution in [0.4, 0.5) is 0 Å². The van der Waals surface area contributed by atoms with Crippen LogP contribution in [0.15, 0.2) is 29.2 Å². The number of nitrogens with two attached hydrogens (primary N) is 1. The molecule has 19 heavy (non-hydrogen) atoms. The Morgan fingerprint density at radius 1 is 1.32 bits per heavy atom. The molecule has 0 spiro atoms. The molecule has 0 fully saturated rings. The summed E-state index contributed by atoms with van der Waals surface area (Å²) >= 11 is 0. The molecule has 0 radical (unpaired) electrons. The molecule has 1 atom stereocenters. The van der Waals surface area contributed by atoms with E-state index in [1.807, 2.05) is 33.8 Å². The highest BCUT2D eigenvalue weighted by Crippen LogP contribution is 2.21. The van der Waals surface area contributed by atoms with Crippen LogP contribution in [0.25, 0.3) is 0 Å². The third kappa shape index (κ3) is 4.03. The number of nitrogens with one attached hydrogen (secondary N) is 1. The highest BCUT2D eigenvalue weighted by molar-refractivity contribution is 7.89. The van der Waals surface area contributed by atoms with Crippen molar-refractivity contribution in [2.75, 3.05) is 0 Å². The number of hydrogen-bond donors (Lipinski definition) is 2. The molecule has 1 aromatic rings. The highest BCUT2D eigenvalue weighted by atomic mass is 32.2. The van der Waals surface area contributed by atoms with E-state index in [4.69, 9.17) is 5.73 Å². The van der Waals surface area contributed by atoms with Crippen LogP contribution in [0.1, 0.15) is 52.1 Å². The molecule has 0 saturated carbocycles. The summed E-state index contributed by atoms with van der Waals surface area (Å²) in [7, 11) is -3.50. The Kier molecular flexibility index (Phi) is 5.12. The molecule has 3 N–H and O–H groups in total. The predicted molar refractivity (Wildman–Crippen MR) is 78.4 cm³/mol. The van der Waals surface area contributed by atoms with Gasteiger partial charge in [-0.25, -0.2) is 13.1 Å². The summed E-state index contributed by atoms with van der Waals surface area (Å²) < 4.78 is 27.6. The van der Waals surface area contributed by atoms with Crippen LogP contribution in [-0.2, 0) is 10.0 Å². The zero-order valence-corrected chi connectivity index (χ0v) is 12.9. The standard InChI is InChI=1S/C14H24N2O2S/c1-5-14(4,6-2)16-19(17,18)13-9-7-8-12(10-13)11(3)15/h7-11,16H,5-6,15H2,1-4H3. The van der Waals surface area contributed by atoms with E-state index in [1.54, 1.807) is 18.2 Å². The molecule has 0 amide bonds. The van der Waals surface area contributed by atoms with E-state index in [1.165, 1.54) is 0 Å². The Hall–Kier alpha value is -0.910. The molecule has 0 saturated heterocycles. The van der Waals surface area contributed by atoms with Crippen molar-refractivity contribution in [1.29, 1.82) is 0 Å². The lowest BCUT2D eigenvalue weighted by atomic mass is 9.98. The smallest absolute Gasteiger partial charge is 0.241 e. The van der Waals surface area contributed by atoms with Crippen LogP contribution in [-0.4, -0.2) is 14.0 Å². The topological polar surface area (TPSA) is 72.2 Å².